The van der Waals surface area contributed by atoms with Crippen molar-refractivity contribution in [2.75, 3.05) is 13.2 Å². The highest BCUT2D eigenvalue weighted by atomic mass is 16.6. The zero-order valence-electron chi connectivity index (χ0n) is 11.7. The van der Waals surface area contributed by atoms with Gasteiger partial charge in [-0.1, -0.05) is 5.21 Å². The summed E-state index contributed by atoms with van der Waals surface area (Å²) in [5.74, 6) is 0. The van der Waals surface area contributed by atoms with E-state index in [1.807, 2.05) is 32.2 Å². The van der Waals surface area contributed by atoms with Crippen LogP contribution >= 0.6 is 0 Å². The van der Waals surface area contributed by atoms with Crippen molar-refractivity contribution in [3.63, 3.8) is 0 Å². The predicted octanol–water partition coefficient (Wildman–Crippen LogP) is 1.53. The Morgan fingerprint density at radius 1 is 1.30 bits per heavy atom. The number of nitrogens with zero attached hydrogens (tertiary/aromatic N) is 4. The highest BCUT2D eigenvalue weighted by molar-refractivity contribution is 5.56. The van der Waals surface area contributed by atoms with Gasteiger partial charge in [0.25, 0.3) is 0 Å². The van der Waals surface area contributed by atoms with Crippen LogP contribution in [0.5, 0.6) is 0 Å². The summed E-state index contributed by atoms with van der Waals surface area (Å²) in [4.78, 5) is 4.00. The van der Waals surface area contributed by atoms with Crippen molar-refractivity contribution in [2.45, 2.75) is 32.1 Å². The average Bonchev–Trinajstić information content (AvgIpc) is 2.91. The minimum Gasteiger partial charge on any atom is -0.371 e. The molecule has 0 spiro atoms. The fourth-order valence-electron chi connectivity index (χ4n) is 2.27. The van der Waals surface area contributed by atoms with Crippen LogP contribution in [-0.2, 0) is 16.0 Å². The molecular formula is C14H18N4O2. The lowest BCUT2D eigenvalue weighted by Crippen LogP contribution is -2.48. The minimum atomic E-state index is -0.305. The molecule has 0 bridgehead atoms. The van der Waals surface area contributed by atoms with Crippen LogP contribution < -0.4 is 0 Å². The van der Waals surface area contributed by atoms with Crippen LogP contribution in [0.25, 0.3) is 11.3 Å². The van der Waals surface area contributed by atoms with Gasteiger partial charge >= 0.3 is 0 Å². The lowest BCUT2D eigenvalue weighted by atomic mass is 10.0. The van der Waals surface area contributed by atoms with Crippen LogP contribution in [0.3, 0.4) is 0 Å². The van der Waals surface area contributed by atoms with E-state index in [9.17, 15) is 0 Å². The van der Waals surface area contributed by atoms with Gasteiger partial charge in [0.2, 0.25) is 0 Å². The van der Waals surface area contributed by atoms with Crippen molar-refractivity contribution in [1.29, 1.82) is 0 Å². The van der Waals surface area contributed by atoms with E-state index in [4.69, 9.17) is 9.47 Å². The molecule has 0 aromatic carbocycles. The van der Waals surface area contributed by atoms with Gasteiger partial charge in [-0.05, 0) is 26.0 Å². The Hall–Kier alpha value is -1.79. The van der Waals surface area contributed by atoms with Crippen LogP contribution in [0.2, 0.25) is 0 Å². The molecule has 0 saturated carbocycles. The third-order valence-corrected chi connectivity index (χ3v) is 3.52. The van der Waals surface area contributed by atoms with E-state index in [1.165, 1.54) is 0 Å². The van der Waals surface area contributed by atoms with E-state index < -0.39 is 0 Å². The molecule has 0 amide bonds. The topological polar surface area (TPSA) is 62.1 Å². The molecule has 0 N–H and O–H groups in total. The normalized spacial score (nSPS) is 21.8. The van der Waals surface area contributed by atoms with Crippen molar-refractivity contribution in [1.82, 2.24) is 20.0 Å². The third-order valence-electron chi connectivity index (χ3n) is 3.52. The summed E-state index contributed by atoms with van der Waals surface area (Å²) in [7, 11) is 0. The summed E-state index contributed by atoms with van der Waals surface area (Å²) >= 11 is 0. The SMILES string of the molecule is CC1(C)OCCOC1Cn1cc(-c2ccncc2)nn1. The second-order valence-electron chi connectivity index (χ2n) is 5.37. The zero-order chi connectivity index (χ0) is 14.0. The van der Waals surface area contributed by atoms with E-state index in [2.05, 4.69) is 15.3 Å². The molecule has 2 aromatic rings. The maximum Gasteiger partial charge on any atom is 0.113 e. The van der Waals surface area contributed by atoms with Crippen molar-refractivity contribution in [3.8, 4) is 11.3 Å². The first-order valence-electron chi connectivity index (χ1n) is 6.71. The second-order valence-corrected chi connectivity index (χ2v) is 5.37. The smallest absolute Gasteiger partial charge is 0.113 e. The van der Waals surface area contributed by atoms with Gasteiger partial charge in [0.1, 0.15) is 11.8 Å². The van der Waals surface area contributed by atoms with E-state index in [0.717, 1.165) is 11.3 Å². The van der Waals surface area contributed by atoms with Crippen LogP contribution in [0.15, 0.2) is 30.7 Å². The Kier molecular flexibility index (Phi) is 3.50. The highest BCUT2D eigenvalue weighted by Crippen LogP contribution is 2.23. The Bertz CT molecular complexity index is 568. The predicted molar refractivity (Wildman–Crippen MR) is 73.0 cm³/mol. The fourth-order valence-corrected chi connectivity index (χ4v) is 2.27. The Balaban J connectivity index is 1.74. The number of rotatable bonds is 3. The quantitative estimate of drug-likeness (QED) is 0.849. The molecule has 1 saturated heterocycles. The van der Waals surface area contributed by atoms with Gasteiger partial charge in [-0.3, -0.25) is 4.98 Å². The number of ether oxygens (including phenoxy) is 2. The molecule has 1 aliphatic heterocycles. The summed E-state index contributed by atoms with van der Waals surface area (Å²) < 4.78 is 13.3. The monoisotopic (exact) mass is 274 g/mol. The number of aromatic nitrogens is 4. The first kappa shape index (κ1) is 13.2. The molecule has 1 atom stereocenters. The molecule has 3 heterocycles. The molecule has 6 heteroatoms. The molecule has 0 aliphatic carbocycles. The van der Waals surface area contributed by atoms with E-state index in [1.54, 1.807) is 17.1 Å². The van der Waals surface area contributed by atoms with Gasteiger partial charge in [0.15, 0.2) is 0 Å². The summed E-state index contributed by atoms with van der Waals surface area (Å²) in [5.41, 5.74) is 1.54. The minimum absolute atomic E-state index is 0.0248. The van der Waals surface area contributed by atoms with Crippen LogP contribution in [-0.4, -0.2) is 44.9 Å². The Labute approximate surface area is 117 Å². The van der Waals surface area contributed by atoms with Gasteiger partial charge in [-0.2, -0.15) is 0 Å². The highest BCUT2D eigenvalue weighted by Gasteiger charge is 2.35. The Morgan fingerprint density at radius 2 is 2.10 bits per heavy atom. The maximum atomic E-state index is 5.79. The molecule has 106 valence electrons. The van der Waals surface area contributed by atoms with Gasteiger partial charge in [0, 0.05) is 18.0 Å². The van der Waals surface area contributed by atoms with Crippen molar-refractivity contribution < 1.29 is 9.47 Å². The summed E-state index contributed by atoms with van der Waals surface area (Å²) in [6.07, 6.45) is 5.39. The van der Waals surface area contributed by atoms with Crippen LogP contribution in [0, 0.1) is 0 Å². The van der Waals surface area contributed by atoms with Gasteiger partial charge in [0.05, 0.1) is 31.6 Å². The number of pyridine rings is 1. The van der Waals surface area contributed by atoms with Crippen LogP contribution in [0.1, 0.15) is 13.8 Å². The summed E-state index contributed by atoms with van der Waals surface area (Å²) in [6, 6.07) is 3.83. The van der Waals surface area contributed by atoms with E-state index >= 15 is 0 Å². The summed E-state index contributed by atoms with van der Waals surface area (Å²) in [5, 5.41) is 8.35. The maximum absolute atomic E-state index is 5.79. The van der Waals surface area contributed by atoms with Gasteiger partial charge in [-0.25, -0.2) is 4.68 Å². The fraction of sp³-hybridized carbons (Fsp3) is 0.500. The van der Waals surface area contributed by atoms with E-state index in [0.29, 0.717) is 19.8 Å². The molecule has 3 rings (SSSR count). The van der Waals surface area contributed by atoms with Gasteiger partial charge in [-0.15, -0.1) is 5.10 Å². The molecule has 1 fully saturated rings. The molecule has 2 aromatic heterocycles. The number of hydrogen-bond donors (Lipinski definition) is 0. The van der Waals surface area contributed by atoms with Crippen molar-refractivity contribution in [3.05, 3.63) is 30.7 Å². The lowest BCUT2D eigenvalue weighted by molar-refractivity contribution is -0.191. The first-order chi connectivity index (χ1) is 9.65. The zero-order valence-corrected chi connectivity index (χ0v) is 11.7. The lowest BCUT2D eigenvalue weighted by Gasteiger charge is -2.38. The molecule has 0 radical (unpaired) electrons. The molecular weight excluding hydrogens is 256 g/mol. The van der Waals surface area contributed by atoms with Crippen molar-refractivity contribution >= 4 is 0 Å². The number of hydrogen-bond acceptors (Lipinski definition) is 5. The second kappa shape index (κ2) is 5.30. The first-order valence-corrected chi connectivity index (χ1v) is 6.71. The summed E-state index contributed by atoms with van der Waals surface area (Å²) in [6.45, 7) is 5.98. The molecule has 1 unspecified atom stereocenters. The standard InChI is InChI=1S/C14H18N4O2/c1-14(2)13(19-7-8-20-14)10-18-9-12(16-17-18)11-3-5-15-6-4-11/h3-6,9,13H,7-8,10H2,1-2H3. The molecule has 1 aliphatic rings. The van der Waals surface area contributed by atoms with E-state index in [-0.39, 0.29) is 11.7 Å². The largest absolute Gasteiger partial charge is 0.371 e. The average molecular weight is 274 g/mol. The Morgan fingerprint density at radius 3 is 2.85 bits per heavy atom. The molecule has 20 heavy (non-hydrogen) atoms. The van der Waals surface area contributed by atoms with Crippen LogP contribution in [0.4, 0.5) is 0 Å². The van der Waals surface area contributed by atoms with Crippen molar-refractivity contribution in [2.24, 2.45) is 0 Å². The third kappa shape index (κ3) is 2.71. The molecule has 6 nitrogen and oxygen atoms in total. The van der Waals surface area contributed by atoms with Gasteiger partial charge < -0.3 is 9.47 Å².